The first-order valence-electron chi connectivity index (χ1n) is 11.3. The fraction of sp³-hybridized carbons (Fsp3) is 0.296. The van der Waals surface area contributed by atoms with Crippen molar-refractivity contribution in [3.63, 3.8) is 0 Å². The average molecular weight is 444 g/mol. The number of aryl methyl sites for hydroxylation is 1. The number of amides is 3. The van der Waals surface area contributed by atoms with Gasteiger partial charge in [-0.25, -0.2) is 0 Å². The summed E-state index contributed by atoms with van der Waals surface area (Å²) in [5.74, 6) is -0.452. The fourth-order valence-corrected chi connectivity index (χ4v) is 4.35. The van der Waals surface area contributed by atoms with Gasteiger partial charge in [0.2, 0.25) is 11.8 Å². The van der Waals surface area contributed by atoms with Crippen LogP contribution in [0.2, 0.25) is 0 Å². The molecule has 3 aromatic carbocycles. The molecule has 0 spiro atoms. The number of hydrogen-bond donors (Lipinski definition) is 1. The van der Waals surface area contributed by atoms with Crippen LogP contribution in [0.5, 0.6) is 0 Å². The summed E-state index contributed by atoms with van der Waals surface area (Å²) in [6.07, 6.45) is 1.19. The molecule has 0 aromatic heterocycles. The Hall–Kier alpha value is -3.67. The average Bonchev–Trinajstić information content (AvgIpc) is 2.84. The Morgan fingerprint density at radius 2 is 1.61 bits per heavy atom. The lowest BCUT2D eigenvalue weighted by molar-refractivity contribution is -0.138. The van der Waals surface area contributed by atoms with E-state index < -0.39 is 0 Å². The molecule has 4 rings (SSSR count). The third kappa shape index (κ3) is 5.22. The normalized spacial score (nSPS) is 14.2. The molecule has 3 amide bonds. The van der Waals surface area contributed by atoms with Crippen molar-refractivity contribution in [1.82, 2.24) is 9.80 Å². The van der Waals surface area contributed by atoms with Gasteiger partial charge in [0.15, 0.2) is 0 Å². The predicted octanol–water partition coefficient (Wildman–Crippen LogP) is 4.10. The molecular weight excluding hydrogens is 414 g/mol. The molecule has 33 heavy (non-hydrogen) atoms. The van der Waals surface area contributed by atoms with Crippen LogP contribution < -0.4 is 5.32 Å². The number of nitrogens with zero attached hydrogens (tertiary/aromatic N) is 2. The molecule has 6 heteroatoms. The first kappa shape index (κ1) is 22.5. The van der Waals surface area contributed by atoms with Crippen LogP contribution in [0.25, 0.3) is 10.8 Å². The van der Waals surface area contributed by atoms with E-state index in [9.17, 15) is 14.4 Å². The van der Waals surface area contributed by atoms with Crippen molar-refractivity contribution in [2.24, 2.45) is 5.92 Å². The summed E-state index contributed by atoms with van der Waals surface area (Å²) in [5.41, 5.74) is 2.53. The van der Waals surface area contributed by atoms with Crippen LogP contribution in [0, 0.1) is 12.8 Å². The molecule has 0 atom stereocenters. The molecule has 6 nitrogen and oxygen atoms in total. The van der Waals surface area contributed by atoms with Crippen LogP contribution in [-0.4, -0.2) is 54.2 Å². The largest absolute Gasteiger partial charge is 0.339 e. The van der Waals surface area contributed by atoms with Gasteiger partial charge in [0.05, 0.1) is 6.54 Å². The molecular formula is C27H29N3O3. The molecule has 0 aliphatic carbocycles. The van der Waals surface area contributed by atoms with Crippen LogP contribution in [0.3, 0.4) is 0 Å². The molecule has 0 saturated carbocycles. The van der Waals surface area contributed by atoms with Crippen LogP contribution in [0.4, 0.5) is 5.69 Å². The van der Waals surface area contributed by atoms with Gasteiger partial charge in [0, 0.05) is 37.3 Å². The van der Waals surface area contributed by atoms with Gasteiger partial charge in [-0.2, -0.15) is 0 Å². The molecule has 1 aliphatic rings. The molecule has 1 heterocycles. The van der Waals surface area contributed by atoms with E-state index in [4.69, 9.17) is 0 Å². The molecule has 1 fully saturated rings. The van der Waals surface area contributed by atoms with Crippen molar-refractivity contribution in [1.29, 1.82) is 0 Å². The topological polar surface area (TPSA) is 69.7 Å². The minimum Gasteiger partial charge on any atom is -0.339 e. The highest BCUT2D eigenvalue weighted by Crippen LogP contribution is 2.24. The van der Waals surface area contributed by atoms with Crippen LogP contribution in [0.15, 0.2) is 66.7 Å². The summed E-state index contributed by atoms with van der Waals surface area (Å²) >= 11 is 0. The number of fused-ring (bicyclic) bond motifs is 1. The van der Waals surface area contributed by atoms with Crippen LogP contribution in [-0.2, 0) is 9.59 Å². The van der Waals surface area contributed by atoms with Crippen molar-refractivity contribution in [2.45, 2.75) is 19.8 Å². The quantitative estimate of drug-likeness (QED) is 0.646. The van der Waals surface area contributed by atoms with E-state index in [2.05, 4.69) is 5.32 Å². The highest BCUT2D eigenvalue weighted by Gasteiger charge is 2.30. The zero-order valence-electron chi connectivity index (χ0n) is 19.1. The number of benzene rings is 3. The van der Waals surface area contributed by atoms with Crippen molar-refractivity contribution < 1.29 is 14.4 Å². The SMILES string of the molecule is Cc1ccc(NC(=O)CN(C)C(=O)C2CCN(C(=O)c3cccc4ccccc34)CC2)cc1. The van der Waals surface area contributed by atoms with Gasteiger partial charge < -0.3 is 15.1 Å². The van der Waals surface area contributed by atoms with Crippen molar-refractivity contribution in [2.75, 3.05) is 32.0 Å². The molecule has 170 valence electrons. The minimum absolute atomic E-state index is 0.00184. The second-order valence-corrected chi connectivity index (χ2v) is 8.70. The summed E-state index contributed by atoms with van der Waals surface area (Å²) < 4.78 is 0. The highest BCUT2D eigenvalue weighted by atomic mass is 16.2. The molecule has 1 aliphatic heterocycles. The minimum atomic E-state index is -0.224. The molecule has 3 aromatic rings. The number of anilines is 1. The molecule has 0 unspecified atom stereocenters. The Morgan fingerprint density at radius 1 is 0.939 bits per heavy atom. The third-order valence-electron chi connectivity index (χ3n) is 6.24. The monoisotopic (exact) mass is 443 g/mol. The predicted molar refractivity (Wildman–Crippen MR) is 130 cm³/mol. The first-order chi connectivity index (χ1) is 15.9. The van der Waals surface area contributed by atoms with Crippen LogP contribution >= 0.6 is 0 Å². The van der Waals surface area contributed by atoms with Gasteiger partial charge >= 0.3 is 0 Å². The Balaban J connectivity index is 1.31. The van der Waals surface area contributed by atoms with Gasteiger partial charge in [0.1, 0.15) is 0 Å². The summed E-state index contributed by atoms with van der Waals surface area (Å²) in [6.45, 7) is 3.05. The smallest absolute Gasteiger partial charge is 0.254 e. The Morgan fingerprint density at radius 3 is 2.33 bits per heavy atom. The van der Waals surface area contributed by atoms with E-state index in [1.807, 2.05) is 78.6 Å². The summed E-state index contributed by atoms with van der Waals surface area (Å²) in [6, 6.07) is 21.2. The first-order valence-corrected chi connectivity index (χ1v) is 11.3. The highest BCUT2D eigenvalue weighted by molar-refractivity contribution is 6.07. The third-order valence-corrected chi connectivity index (χ3v) is 6.24. The van der Waals surface area contributed by atoms with E-state index >= 15 is 0 Å². The number of likely N-dealkylation sites (N-methyl/N-ethyl adjacent to an activating group) is 1. The van der Waals surface area contributed by atoms with Crippen molar-refractivity contribution >= 4 is 34.2 Å². The summed E-state index contributed by atoms with van der Waals surface area (Å²) in [7, 11) is 1.66. The lowest BCUT2D eigenvalue weighted by atomic mass is 9.94. The second kappa shape index (κ2) is 9.86. The van der Waals surface area contributed by atoms with Gasteiger partial charge in [-0.3, -0.25) is 14.4 Å². The maximum atomic E-state index is 13.1. The Bertz CT molecular complexity index is 1160. The lowest BCUT2D eigenvalue weighted by Gasteiger charge is -2.33. The van der Waals surface area contributed by atoms with E-state index in [0.29, 0.717) is 37.2 Å². The number of nitrogens with one attached hydrogen (secondary N) is 1. The molecule has 0 radical (unpaired) electrons. The zero-order chi connectivity index (χ0) is 23.4. The molecule has 1 saturated heterocycles. The van der Waals surface area contributed by atoms with Gasteiger partial charge in [-0.15, -0.1) is 0 Å². The number of hydrogen-bond acceptors (Lipinski definition) is 3. The number of piperidine rings is 1. The van der Waals surface area contributed by atoms with E-state index in [0.717, 1.165) is 16.3 Å². The lowest BCUT2D eigenvalue weighted by Crippen LogP contribution is -2.45. The van der Waals surface area contributed by atoms with E-state index in [-0.39, 0.29) is 30.2 Å². The van der Waals surface area contributed by atoms with Crippen LogP contribution in [0.1, 0.15) is 28.8 Å². The van der Waals surface area contributed by atoms with Gasteiger partial charge in [0.25, 0.3) is 5.91 Å². The Labute approximate surface area is 194 Å². The maximum absolute atomic E-state index is 13.1. The summed E-state index contributed by atoms with van der Waals surface area (Å²) in [4.78, 5) is 41.7. The molecule has 0 bridgehead atoms. The number of carbonyl (C=O) groups is 3. The zero-order valence-corrected chi connectivity index (χ0v) is 19.1. The molecule has 1 N–H and O–H groups in total. The standard InChI is InChI=1S/C27H29N3O3/c1-19-10-12-22(13-11-19)28-25(31)18-29(2)26(32)21-14-16-30(17-15-21)27(33)24-9-5-7-20-6-3-4-8-23(20)24/h3-13,21H,14-18H2,1-2H3,(H,28,31). The van der Waals surface area contributed by atoms with Gasteiger partial charge in [-0.05, 0) is 48.7 Å². The van der Waals surface area contributed by atoms with Gasteiger partial charge in [-0.1, -0.05) is 54.1 Å². The maximum Gasteiger partial charge on any atom is 0.254 e. The number of likely N-dealkylation sites (tertiary alicyclic amines) is 1. The summed E-state index contributed by atoms with van der Waals surface area (Å²) in [5, 5.41) is 4.81. The van der Waals surface area contributed by atoms with E-state index in [1.165, 1.54) is 4.90 Å². The second-order valence-electron chi connectivity index (χ2n) is 8.70. The van der Waals surface area contributed by atoms with E-state index in [1.54, 1.807) is 7.05 Å². The van der Waals surface area contributed by atoms with Crippen molar-refractivity contribution in [3.8, 4) is 0 Å². The Kier molecular flexibility index (Phi) is 6.73. The number of carbonyl (C=O) groups excluding carboxylic acids is 3. The number of rotatable bonds is 5. The van der Waals surface area contributed by atoms with Crippen molar-refractivity contribution in [3.05, 3.63) is 77.9 Å². The fourth-order valence-electron chi connectivity index (χ4n) is 4.35.